The summed E-state index contributed by atoms with van der Waals surface area (Å²) >= 11 is 0. The minimum absolute atomic E-state index is 0.107. The highest BCUT2D eigenvalue weighted by atomic mass is 19.1. The Morgan fingerprint density at radius 3 is 2.42 bits per heavy atom. The molecule has 33 heavy (non-hydrogen) atoms. The fourth-order valence-corrected chi connectivity index (χ4v) is 4.32. The zero-order valence-corrected chi connectivity index (χ0v) is 17.6. The van der Waals surface area contributed by atoms with Crippen LogP contribution in [0.25, 0.3) is 11.4 Å². The quantitative estimate of drug-likeness (QED) is 0.588. The number of carbonyl (C=O) groups is 3. The first-order valence-electron chi connectivity index (χ1n) is 10.6. The highest BCUT2D eigenvalue weighted by molar-refractivity contribution is 6.38. The first kappa shape index (κ1) is 20.8. The zero-order valence-electron chi connectivity index (χ0n) is 17.6. The van der Waals surface area contributed by atoms with Crippen molar-refractivity contribution in [2.45, 2.75) is 5.92 Å². The van der Waals surface area contributed by atoms with Gasteiger partial charge in [0.15, 0.2) is 0 Å². The van der Waals surface area contributed by atoms with Crippen LogP contribution in [-0.4, -0.2) is 75.1 Å². The molecule has 1 aromatic carbocycles. The number of amides is 2. The fourth-order valence-electron chi connectivity index (χ4n) is 4.32. The Morgan fingerprint density at radius 2 is 1.73 bits per heavy atom. The van der Waals surface area contributed by atoms with Crippen molar-refractivity contribution in [2.75, 3.05) is 38.0 Å². The number of halogens is 1. The maximum Gasteiger partial charge on any atom is 0.290 e. The van der Waals surface area contributed by atoms with Crippen LogP contribution in [0.3, 0.4) is 0 Å². The van der Waals surface area contributed by atoms with Crippen molar-refractivity contribution in [1.29, 1.82) is 0 Å². The second-order valence-electron chi connectivity index (χ2n) is 7.96. The number of anilines is 1. The molecule has 3 aromatic rings. The van der Waals surface area contributed by atoms with Gasteiger partial charge in [0, 0.05) is 43.9 Å². The van der Waals surface area contributed by atoms with Gasteiger partial charge in [0.2, 0.25) is 5.78 Å². The second-order valence-corrected chi connectivity index (χ2v) is 7.96. The van der Waals surface area contributed by atoms with Crippen molar-refractivity contribution < 1.29 is 18.8 Å². The van der Waals surface area contributed by atoms with Crippen LogP contribution in [0.15, 0.2) is 49.1 Å². The van der Waals surface area contributed by atoms with Gasteiger partial charge in [-0.2, -0.15) is 0 Å². The zero-order chi connectivity index (χ0) is 22.9. The van der Waals surface area contributed by atoms with Crippen LogP contribution < -0.4 is 5.32 Å². The number of nitrogens with one attached hydrogen (secondary N) is 2. The van der Waals surface area contributed by atoms with Gasteiger partial charge < -0.3 is 20.1 Å². The van der Waals surface area contributed by atoms with E-state index in [0.29, 0.717) is 35.7 Å². The summed E-state index contributed by atoms with van der Waals surface area (Å²) in [7, 11) is 0. The maximum absolute atomic E-state index is 14.7. The number of H-pyrrole nitrogens is 1. The average molecular weight is 448 g/mol. The minimum Gasteiger partial charge on any atom is -0.382 e. The second kappa shape index (κ2) is 8.45. The topological polar surface area (TPSA) is 111 Å². The number of hydrogen-bond acceptors (Lipinski definition) is 6. The van der Waals surface area contributed by atoms with Crippen molar-refractivity contribution in [1.82, 2.24) is 24.8 Å². The van der Waals surface area contributed by atoms with E-state index in [1.165, 1.54) is 11.2 Å². The molecule has 10 heteroatoms. The molecule has 5 rings (SSSR count). The molecule has 9 nitrogen and oxygen atoms in total. The average Bonchev–Trinajstić information content (AvgIpc) is 3.55. The van der Waals surface area contributed by atoms with E-state index >= 15 is 0 Å². The summed E-state index contributed by atoms with van der Waals surface area (Å²) in [6.07, 6.45) is 4.09. The van der Waals surface area contributed by atoms with E-state index in [0.717, 1.165) is 6.20 Å². The molecule has 2 aliphatic heterocycles. The molecular formula is C23H21FN6O3. The molecule has 1 atom stereocenters. The lowest BCUT2D eigenvalue weighted by atomic mass is 9.95. The van der Waals surface area contributed by atoms with Gasteiger partial charge in [-0.15, -0.1) is 0 Å². The van der Waals surface area contributed by atoms with Crippen molar-refractivity contribution in [3.05, 3.63) is 66.0 Å². The van der Waals surface area contributed by atoms with Crippen molar-refractivity contribution in [3.63, 3.8) is 0 Å². The predicted octanol–water partition coefficient (Wildman–Crippen LogP) is 1.67. The first-order valence-corrected chi connectivity index (χ1v) is 10.6. The standard InChI is InChI=1S/C23H21FN6O3/c24-16-11-27-19(17-12-25-13-28-17)20-18(16)15(10-26-20)21(31)23(33)30-8-6-29(7-9-30)22(32)14-4-2-1-3-5-14/h1-5,11-13,15,26H,6-10H2,(H,25,28). The van der Waals surface area contributed by atoms with E-state index in [1.807, 2.05) is 6.07 Å². The number of piperazine rings is 1. The van der Waals surface area contributed by atoms with Crippen LogP contribution in [0, 0.1) is 5.82 Å². The lowest BCUT2D eigenvalue weighted by Crippen LogP contribution is -2.52. The molecule has 2 aliphatic rings. The molecule has 2 amide bonds. The summed E-state index contributed by atoms with van der Waals surface area (Å²) in [6, 6.07) is 8.92. The molecule has 4 heterocycles. The summed E-state index contributed by atoms with van der Waals surface area (Å²) in [5, 5.41) is 3.03. The van der Waals surface area contributed by atoms with Crippen LogP contribution >= 0.6 is 0 Å². The third-order valence-electron chi connectivity index (χ3n) is 6.06. The first-order chi connectivity index (χ1) is 16.0. The Balaban J connectivity index is 1.29. The number of rotatable bonds is 4. The Labute approximate surface area is 188 Å². The number of aromatic nitrogens is 3. The molecule has 2 aromatic heterocycles. The molecule has 0 bridgehead atoms. The van der Waals surface area contributed by atoms with Crippen LogP contribution in [0.4, 0.5) is 10.1 Å². The minimum atomic E-state index is -0.943. The van der Waals surface area contributed by atoms with E-state index in [9.17, 15) is 18.8 Å². The highest BCUT2D eigenvalue weighted by Gasteiger charge is 2.39. The number of hydrogen-bond donors (Lipinski definition) is 2. The molecule has 1 saturated heterocycles. The summed E-state index contributed by atoms with van der Waals surface area (Å²) in [5.74, 6) is -3.03. The number of pyridine rings is 1. The third-order valence-corrected chi connectivity index (χ3v) is 6.06. The number of Topliss-reactive ketones (excluding diaryl/α,β-unsaturated/α-hetero) is 1. The van der Waals surface area contributed by atoms with E-state index < -0.39 is 23.4 Å². The van der Waals surface area contributed by atoms with Gasteiger partial charge in [0.25, 0.3) is 11.8 Å². The molecule has 0 aliphatic carbocycles. The van der Waals surface area contributed by atoms with Gasteiger partial charge in [-0.05, 0) is 12.1 Å². The number of imidazole rings is 1. The van der Waals surface area contributed by atoms with E-state index in [4.69, 9.17) is 0 Å². The molecular weight excluding hydrogens is 427 g/mol. The predicted molar refractivity (Wildman–Crippen MR) is 117 cm³/mol. The van der Waals surface area contributed by atoms with Crippen LogP contribution in [-0.2, 0) is 9.59 Å². The summed E-state index contributed by atoms with van der Waals surface area (Å²) in [5.41, 5.74) is 2.14. The van der Waals surface area contributed by atoms with Crippen molar-refractivity contribution in [3.8, 4) is 11.4 Å². The van der Waals surface area contributed by atoms with Crippen molar-refractivity contribution in [2.24, 2.45) is 0 Å². The van der Waals surface area contributed by atoms with Crippen molar-refractivity contribution >= 4 is 23.3 Å². The normalized spacial score (nSPS) is 17.4. The summed E-state index contributed by atoms with van der Waals surface area (Å²) < 4.78 is 14.7. The lowest BCUT2D eigenvalue weighted by molar-refractivity contribution is -0.146. The van der Waals surface area contributed by atoms with E-state index in [-0.39, 0.29) is 31.1 Å². The Morgan fingerprint density at radius 1 is 1.00 bits per heavy atom. The monoisotopic (exact) mass is 448 g/mol. The highest BCUT2D eigenvalue weighted by Crippen LogP contribution is 2.39. The third kappa shape index (κ3) is 3.73. The number of nitrogens with zero attached hydrogens (tertiary/aromatic N) is 4. The van der Waals surface area contributed by atoms with Gasteiger partial charge in [0.05, 0.1) is 36.0 Å². The number of fused-ring (bicyclic) bond motifs is 1. The van der Waals surface area contributed by atoms with Crippen LogP contribution in [0.2, 0.25) is 0 Å². The van der Waals surface area contributed by atoms with Crippen LogP contribution in [0.1, 0.15) is 21.8 Å². The molecule has 0 spiro atoms. The summed E-state index contributed by atoms with van der Waals surface area (Å²) in [6.45, 7) is 1.25. The lowest BCUT2D eigenvalue weighted by Gasteiger charge is -2.34. The van der Waals surface area contributed by atoms with E-state index in [1.54, 1.807) is 35.4 Å². The molecule has 0 saturated carbocycles. The summed E-state index contributed by atoms with van der Waals surface area (Å²) in [4.78, 5) is 52.7. The van der Waals surface area contributed by atoms with Gasteiger partial charge >= 0.3 is 0 Å². The van der Waals surface area contributed by atoms with Gasteiger partial charge in [-0.25, -0.2) is 14.4 Å². The number of benzene rings is 1. The molecule has 1 unspecified atom stereocenters. The Kier molecular flexibility index (Phi) is 5.33. The Bertz CT molecular complexity index is 1210. The van der Waals surface area contributed by atoms with Gasteiger partial charge in [-0.1, -0.05) is 18.2 Å². The van der Waals surface area contributed by atoms with Gasteiger partial charge in [0.1, 0.15) is 11.5 Å². The number of carbonyl (C=O) groups excluding carboxylic acids is 3. The molecule has 2 N–H and O–H groups in total. The van der Waals surface area contributed by atoms with Crippen LogP contribution in [0.5, 0.6) is 0 Å². The molecule has 1 fully saturated rings. The smallest absolute Gasteiger partial charge is 0.290 e. The van der Waals surface area contributed by atoms with E-state index in [2.05, 4.69) is 20.3 Å². The molecule has 168 valence electrons. The maximum atomic E-state index is 14.7. The fraction of sp³-hybridized carbons (Fsp3) is 0.261. The number of ketones is 1. The van der Waals surface area contributed by atoms with Gasteiger partial charge in [-0.3, -0.25) is 14.4 Å². The SMILES string of the molecule is O=C(C(=O)N1CCN(C(=O)c2ccccc2)CC1)C1CNc2c(-c3cnc[nH]3)ncc(F)c21. The molecule has 0 radical (unpaired) electrons. The Hall–Kier alpha value is -4.08. The largest absolute Gasteiger partial charge is 0.382 e. The number of aromatic amines is 1.